The molecule has 0 aliphatic carbocycles. The summed E-state index contributed by atoms with van der Waals surface area (Å²) < 4.78 is 22.9. The number of carbonyl (C=O) groups is 1. The third-order valence-corrected chi connectivity index (χ3v) is 12.1. The first-order chi connectivity index (χ1) is 29.9. The van der Waals surface area contributed by atoms with Gasteiger partial charge in [0.2, 0.25) is 0 Å². The highest BCUT2D eigenvalue weighted by atomic mass is 16.7. The van der Waals surface area contributed by atoms with Crippen molar-refractivity contribution in [2.45, 2.75) is 275 Å². The number of unbranched alkanes of at least 4 members (excludes halogenated alkanes) is 30. The van der Waals surface area contributed by atoms with Crippen molar-refractivity contribution in [3.63, 3.8) is 0 Å². The molecule has 9 nitrogen and oxygen atoms in total. The Hall–Kier alpha value is -1.33. The van der Waals surface area contributed by atoms with Crippen LogP contribution in [-0.2, 0) is 23.7 Å². The molecular formula is C52H98O9. The van der Waals surface area contributed by atoms with E-state index in [1.807, 2.05) is 0 Å². The van der Waals surface area contributed by atoms with Gasteiger partial charge in [-0.05, 0) is 38.5 Å². The van der Waals surface area contributed by atoms with E-state index in [2.05, 4.69) is 38.2 Å². The van der Waals surface area contributed by atoms with Crippen LogP contribution < -0.4 is 0 Å². The molecule has 0 radical (unpaired) electrons. The number of aliphatic hydroxyl groups excluding tert-OH is 4. The lowest BCUT2D eigenvalue weighted by molar-refractivity contribution is -0.305. The largest absolute Gasteiger partial charge is 0.457 e. The van der Waals surface area contributed by atoms with Gasteiger partial charge in [-0.1, -0.05) is 218 Å². The first-order valence-corrected chi connectivity index (χ1v) is 25.9. The van der Waals surface area contributed by atoms with Crippen LogP contribution in [-0.4, -0.2) is 89.6 Å². The summed E-state index contributed by atoms with van der Waals surface area (Å²) in [6.07, 6.45) is 45.0. The number of allylic oxidation sites excluding steroid dienone is 4. The number of hydrogen-bond acceptors (Lipinski definition) is 9. The van der Waals surface area contributed by atoms with Crippen LogP contribution in [0.25, 0.3) is 0 Å². The lowest BCUT2D eigenvalue weighted by Gasteiger charge is -2.39. The van der Waals surface area contributed by atoms with Gasteiger partial charge in [0.1, 0.15) is 30.5 Å². The van der Waals surface area contributed by atoms with Crippen LogP contribution in [0.3, 0.4) is 0 Å². The quantitative estimate of drug-likeness (QED) is 0.0268. The molecule has 0 saturated carbocycles. The first kappa shape index (κ1) is 57.7. The van der Waals surface area contributed by atoms with E-state index in [0.29, 0.717) is 13.0 Å². The van der Waals surface area contributed by atoms with Gasteiger partial charge in [0.15, 0.2) is 6.29 Å². The summed E-state index contributed by atoms with van der Waals surface area (Å²) in [6, 6.07) is 0. The molecule has 1 fully saturated rings. The van der Waals surface area contributed by atoms with Crippen molar-refractivity contribution in [3.05, 3.63) is 24.3 Å². The van der Waals surface area contributed by atoms with Gasteiger partial charge in [-0.2, -0.15) is 0 Å². The monoisotopic (exact) mass is 867 g/mol. The summed E-state index contributed by atoms with van der Waals surface area (Å²) in [5.41, 5.74) is 0. The molecule has 1 heterocycles. The van der Waals surface area contributed by atoms with Crippen LogP contribution in [0.15, 0.2) is 24.3 Å². The molecule has 4 N–H and O–H groups in total. The average Bonchev–Trinajstić information content (AvgIpc) is 3.26. The van der Waals surface area contributed by atoms with Crippen molar-refractivity contribution in [2.75, 3.05) is 26.4 Å². The number of esters is 1. The number of ether oxygens (including phenoxy) is 4. The molecule has 1 rings (SSSR count). The van der Waals surface area contributed by atoms with Crippen LogP contribution in [0.5, 0.6) is 0 Å². The van der Waals surface area contributed by atoms with Crippen LogP contribution >= 0.6 is 0 Å². The predicted molar refractivity (Wildman–Crippen MR) is 252 cm³/mol. The molecular weight excluding hydrogens is 769 g/mol. The second-order valence-electron chi connectivity index (χ2n) is 18.0. The van der Waals surface area contributed by atoms with Crippen molar-refractivity contribution in [1.29, 1.82) is 0 Å². The van der Waals surface area contributed by atoms with Gasteiger partial charge in [0, 0.05) is 13.0 Å². The van der Waals surface area contributed by atoms with E-state index >= 15 is 0 Å². The molecule has 360 valence electrons. The maximum Gasteiger partial charge on any atom is 0.306 e. The zero-order valence-electron chi connectivity index (χ0n) is 39.7. The molecule has 0 amide bonds. The van der Waals surface area contributed by atoms with Crippen molar-refractivity contribution in [1.82, 2.24) is 0 Å². The Morgan fingerprint density at radius 3 is 1.46 bits per heavy atom. The molecule has 1 saturated heterocycles. The second kappa shape index (κ2) is 43.9. The lowest BCUT2D eigenvalue weighted by Crippen LogP contribution is -2.59. The van der Waals surface area contributed by atoms with E-state index in [-0.39, 0.29) is 19.2 Å². The molecule has 1 aliphatic heterocycles. The SMILES string of the molecule is CCCC/C=C\C/C=C\CCCCCCCCOCC(COC1OC(CO)C(O)C(O)C1O)OC(=O)CCCCCCCCCCCCCCCCCCCCCCCCC. The number of aliphatic hydroxyl groups is 4. The topological polar surface area (TPSA) is 135 Å². The van der Waals surface area contributed by atoms with Crippen LogP contribution in [0, 0.1) is 0 Å². The molecule has 0 aromatic heterocycles. The fourth-order valence-corrected chi connectivity index (χ4v) is 8.04. The van der Waals surface area contributed by atoms with E-state index in [1.54, 1.807) is 0 Å². The Balaban J connectivity index is 2.17. The molecule has 61 heavy (non-hydrogen) atoms. The smallest absolute Gasteiger partial charge is 0.306 e. The van der Waals surface area contributed by atoms with E-state index in [0.717, 1.165) is 51.4 Å². The van der Waals surface area contributed by atoms with E-state index in [9.17, 15) is 25.2 Å². The summed E-state index contributed by atoms with van der Waals surface area (Å²) in [6.45, 7) is 4.54. The number of rotatable bonds is 45. The fraction of sp³-hybridized carbons (Fsp3) is 0.904. The summed E-state index contributed by atoms with van der Waals surface area (Å²) >= 11 is 0. The zero-order chi connectivity index (χ0) is 44.3. The predicted octanol–water partition coefficient (Wildman–Crippen LogP) is 12.5. The fourth-order valence-electron chi connectivity index (χ4n) is 8.04. The van der Waals surface area contributed by atoms with Crippen LogP contribution in [0.1, 0.15) is 239 Å². The van der Waals surface area contributed by atoms with Crippen LogP contribution in [0.2, 0.25) is 0 Å². The van der Waals surface area contributed by atoms with E-state index in [1.165, 1.54) is 167 Å². The van der Waals surface area contributed by atoms with Crippen molar-refractivity contribution < 1.29 is 44.2 Å². The molecule has 0 bridgehead atoms. The molecule has 9 heteroatoms. The summed E-state index contributed by atoms with van der Waals surface area (Å²) in [5.74, 6) is -0.312. The maximum absolute atomic E-state index is 12.8. The van der Waals surface area contributed by atoms with Crippen molar-refractivity contribution in [2.24, 2.45) is 0 Å². The number of carbonyl (C=O) groups excluding carboxylic acids is 1. The highest BCUT2D eigenvalue weighted by Crippen LogP contribution is 2.23. The van der Waals surface area contributed by atoms with Gasteiger partial charge in [-0.15, -0.1) is 0 Å². The van der Waals surface area contributed by atoms with Gasteiger partial charge < -0.3 is 39.4 Å². The minimum absolute atomic E-state index is 0.114. The zero-order valence-corrected chi connectivity index (χ0v) is 39.7. The van der Waals surface area contributed by atoms with E-state index in [4.69, 9.17) is 18.9 Å². The minimum Gasteiger partial charge on any atom is -0.457 e. The van der Waals surface area contributed by atoms with Gasteiger partial charge in [-0.25, -0.2) is 0 Å². The Kier molecular flexibility index (Phi) is 41.5. The highest BCUT2D eigenvalue weighted by Gasteiger charge is 2.44. The molecule has 0 spiro atoms. The van der Waals surface area contributed by atoms with Crippen LogP contribution in [0.4, 0.5) is 0 Å². The highest BCUT2D eigenvalue weighted by molar-refractivity contribution is 5.69. The lowest BCUT2D eigenvalue weighted by atomic mass is 9.99. The van der Waals surface area contributed by atoms with Gasteiger partial charge in [0.25, 0.3) is 0 Å². The van der Waals surface area contributed by atoms with E-state index < -0.39 is 43.4 Å². The van der Waals surface area contributed by atoms with Crippen molar-refractivity contribution in [3.8, 4) is 0 Å². The standard InChI is InChI=1S/C52H98O9/c1-3-5-7-9-11-13-15-17-19-20-21-22-23-24-25-26-27-29-31-33-35-37-39-41-48(54)60-46(45-59-52-51(57)50(56)49(55)47(43-53)61-52)44-58-42-40-38-36-34-32-30-28-18-16-14-12-10-8-6-4-2/h10,12,16,18,46-47,49-53,55-57H,3-9,11,13-15,17,19-45H2,1-2H3/b12-10-,18-16-. The molecule has 0 aromatic rings. The molecule has 1 aliphatic rings. The third-order valence-electron chi connectivity index (χ3n) is 12.1. The van der Waals surface area contributed by atoms with Gasteiger partial charge in [-0.3, -0.25) is 4.79 Å². The minimum atomic E-state index is -1.54. The Bertz CT molecular complexity index is 988. The second-order valence-corrected chi connectivity index (χ2v) is 18.0. The van der Waals surface area contributed by atoms with Crippen molar-refractivity contribution >= 4 is 5.97 Å². The van der Waals surface area contributed by atoms with Gasteiger partial charge in [0.05, 0.1) is 19.8 Å². The summed E-state index contributed by atoms with van der Waals surface area (Å²) in [5, 5.41) is 40.2. The molecule has 0 aromatic carbocycles. The third kappa shape index (κ3) is 34.7. The summed E-state index contributed by atoms with van der Waals surface area (Å²) in [4.78, 5) is 12.8. The Morgan fingerprint density at radius 2 is 0.967 bits per heavy atom. The first-order valence-electron chi connectivity index (χ1n) is 25.9. The Morgan fingerprint density at radius 1 is 0.525 bits per heavy atom. The molecule has 6 atom stereocenters. The maximum atomic E-state index is 12.8. The number of hydrogen-bond donors (Lipinski definition) is 4. The van der Waals surface area contributed by atoms with Gasteiger partial charge >= 0.3 is 5.97 Å². The Labute approximate surface area is 375 Å². The summed E-state index contributed by atoms with van der Waals surface area (Å²) in [7, 11) is 0. The molecule has 6 unspecified atom stereocenters. The normalized spacial score (nSPS) is 20.0. The average molecular weight is 867 g/mol.